The van der Waals surface area contributed by atoms with E-state index in [1.165, 1.54) is 25.3 Å². The van der Waals surface area contributed by atoms with E-state index in [4.69, 9.17) is 21.4 Å². The lowest BCUT2D eigenvalue weighted by Crippen LogP contribution is -1.95. The second-order valence-corrected chi connectivity index (χ2v) is 3.88. The Kier molecular flexibility index (Phi) is 3.12. The number of hydrogen-bond acceptors (Lipinski definition) is 4. The predicted molar refractivity (Wildman–Crippen MR) is 64.2 cm³/mol. The minimum Gasteiger partial charge on any atom is -0.506 e. The first-order valence-electron chi connectivity index (χ1n) is 4.88. The molecule has 0 atom stereocenters. The van der Waals surface area contributed by atoms with Crippen LogP contribution in [-0.4, -0.2) is 33.5 Å². The highest BCUT2D eigenvalue weighted by molar-refractivity contribution is 6.32. The molecule has 0 unspecified atom stereocenters. The Labute approximate surface area is 107 Å². The molecule has 6 nitrogen and oxygen atoms in total. The van der Waals surface area contributed by atoms with Crippen LogP contribution in [0, 0.1) is 0 Å². The van der Waals surface area contributed by atoms with E-state index >= 15 is 0 Å². The summed E-state index contributed by atoms with van der Waals surface area (Å²) < 4.78 is 5.02. The largest absolute Gasteiger partial charge is 0.506 e. The maximum atomic E-state index is 10.7. The second-order valence-electron chi connectivity index (χ2n) is 3.48. The van der Waals surface area contributed by atoms with Crippen LogP contribution in [0.1, 0.15) is 10.5 Å². The Morgan fingerprint density at radius 2 is 2.17 bits per heavy atom. The summed E-state index contributed by atoms with van der Waals surface area (Å²) in [5.74, 6) is -0.879. The van der Waals surface area contributed by atoms with Crippen LogP contribution in [0.25, 0.3) is 11.3 Å². The molecule has 1 aromatic heterocycles. The standard InChI is InChI=1S/C11H9ClN2O4/c1-18-5-2-6(10(15)7(12)3-5)8-4-9(11(16)17)14-13-8/h2-4,15H,1H3,(H,13,14)(H,16,17). The molecule has 0 fully saturated rings. The summed E-state index contributed by atoms with van der Waals surface area (Å²) in [6, 6.07) is 4.27. The minimum atomic E-state index is -1.14. The second kappa shape index (κ2) is 4.58. The average molecular weight is 269 g/mol. The lowest BCUT2D eigenvalue weighted by molar-refractivity contribution is 0.0690. The molecule has 0 radical (unpaired) electrons. The summed E-state index contributed by atoms with van der Waals surface area (Å²) in [6.45, 7) is 0. The van der Waals surface area contributed by atoms with Gasteiger partial charge in [-0.3, -0.25) is 5.10 Å². The lowest BCUT2D eigenvalue weighted by Gasteiger charge is -2.06. The van der Waals surface area contributed by atoms with Gasteiger partial charge in [0.05, 0.1) is 17.8 Å². The molecule has 3 N–H and O–H groups in total. The highest BCUT2D eigenvalue weighted by Gasteiger charge is 2.15. The van der Waals surface area contributed by atoms with E-state index < -0.39 is 5.97 Å². The van der Waals surface area contributed by atoms with E-state index in [0.29, 0.717) is 11.3 Å². The number of ether oxygens (including phenoxy) is 1. The summed E-state index contributed by atoms with van der Waals surface area (Å²) in [7, 11) is 1.46. The quantitative estimate of drug-likeness (QED) is 0.793. The molecule has 0 aliphatic heterocycles. The van der Waals surface area contributed by atoms with Gasteiger partial charge in [-0.15, -0.1) is 0 Å². The number of rotatable bonds is 3. The molecule has 1 heterocycles. The van der Waals surface area contributed by atoms with Crippen molar-refractivity contribution in [1.29, 1.82) is 0 Å². The SMILES string of the molecule is COc1cc(Cl)c(O)c(-c2cc(C(=O)O)[nH]n2)c1. The van der Waals surface area contributed by atoms with E-state index in [1.807, 2.05) is 0 Å². The van der Waals surface area contributed by atoms with Gasteiger partial charge in [0.1, 0.15) is 17.2 Å². The van der Waals surface area contributed by atoms with Crippen molar-refractivity contribution in [2.75, 3.05) is 7.11 Å². The summed E-state index contributed by atoms with van der Waals surface area (Å²) >= 11 is 5.83. The third-order valence-corrected chi connectivity index (χ3v) is 2.64. The van der Waals surface area contributed by atoms with Gasteiger partial charge in [-0.2, -0.15) is 5.10 Å². The maximum absolute atomic E-state index is 10.7. The van der Waals surface area contributed by atoms with E-state index in [9.17, 15) is 9.90 Å². The average Bonchev–Trinajstić information content (AvgIpc) is 2.82. The molecule has 94 valence electrons. The minimum absolute atomic E-state index is 0.0802. The van der Waals surface area contributed by atoms with Crippen LogP contribution in [0.3, 0.4) is 0 Å². The van der Waals surface area contributed by atoms with Crippen LogP contribution in [0.5, 0.6) is 11.5 Å². The Hall–Kier alpha value is -2.21. The number of phenols is 1. The van der Waals surface area contributed by atoms with Crippen LogP contribution in [-0.2, 0) is 0 Å². The Balaban J connectivity index is 2.55. The van der Waals surface area contributed by atoms with Crippen molar-refractivity contribution in [2.24, 2.45) is 0 Å². The van der Waals surface area contributed by atoms with Crippen molar-refractivity contribution in [3.63, 3.8) is 0 Å². The van der Waals surface area contributed by atoms with Crippen LogP contribution >= 0.6 is 11.6 Å². The van der Waals surface area contributed by atoms with Gasteiger partial charge in [0.15, 0.2) is 0 Å². The molecule has 0 saturated carbocycles. The fourth-order valence-corrected chi connectivity index (χ4v) is 1.67. The Bertz CT molecular complexity index is 609. The van der Waals surface area contributed by atoms with Gasteiger partial charge in [-0.05, 0) is 12.1 Å². The van der Waals surface area contributed by atoms with Crippen molar-refractivity contribution in [3.8, 4) is 22.8 Å². The molecule has 0 aliphatic rings. The fraction of sp³-hybridized carbons (Fsp3) is 0.0909. The summed E-state index contributed by atoms with van der Waals surface area (Å²) in [5.41, 5.74) is 0.483. The molecular weight excluding hydrogens is 260 g/mol. The number of halogens is 1. The number of phenolic OH excluding ortho intramolecular Hbond substituents is 1. The summed E-state index contributed by atoms with van der Waals surface area (Å²) in [4.78, 5) is 10.7. The third-order valence-electron chi connectivity index (χ3n) is 2.36. The van der Waals surface area contributed by atoms with Crippen LogP contribution in [0.4, 0.5) is 0 Å². The molecule has 0 bridgehead atoms. The molecule has 1 aromatic carbocycles. The number of H-pyrrole nitrogens is 1. The van der Waals surface area contributed by atoms with E-state index in [1.54, 1.807) is 0 Å². The van der Waals surface area contributed by atoms with Crippen LogP contribution < -0.4 is 4.74 Å². The Morgan fingerprint density at radius 3 is 2.72 bits per heavy atom. The zero-order valence-electron chi connectivity index (χ0n) is 9.27. The van der Waals surface area contributed by atoms with E-state index in [2.05, 4.69) is 10.2 Å². The number of nitrogens with zero attached hydrogens (tertiary/aromatic N) is 1. The van der Waals surface area contributed by atoms with Gasteiger partial charge in [-0.25, -0.2) is 4.79 Å². The smallest absolute Gasteiger partial charge is 0.353 e. The third kappa shape index (κ3) is 2.10. The Morgan fingerprint density at radius 1 is 1.44 bits per heavy atom. The number of carboxylic acid groups (broad SMARTS) is 1. The molecule has 0 spiro atoms. The van der Waals surface area contributed by atoms with Crippen molar-refractivity contribution >= 4 is 17.6 Å². The fourth-order valence-electron chi connectivity index (χ4n) is 1.46. The normalized spacial score (nSPS) is 10.3. The number of benzene rings is 1. The van der Waals surface area contributed by atoms with Crippen LogP contribution in [0.2, 0.25) is 5.02 Å². The van der Waals surface area contributed by atoms with Crippen molar-refractivity contribution in [1.82, 2.24) is 10.2 Å². The zero-order valence-corrected chi connectivity index (χ0v) is 10.0. The van der Waals surface area contributed by atoms with Crippen molar-refractivity contribution in [3.05, 3.63) is 28.9 Å². The number of carbonyl (C=O) groups is 1. The van der Waals surface area contributed by atoms with Gasteiger partial charge in [0, 0.05) is 11.6 Å². The number of carboxylic acids is 1. The van der Waals surface area contributed by atoms with Crippen molar-refractivity contribution in [2.45, 2.75) is 0 Å². The molecule has 0 aliphatic carbocycles. The lowest BCUT2D eigenvalue weighted by atomic mass is 10.1. The van der Waals surface area contributed by atoms with Gasteiger partial charge < -0.3 is 14.9 Å². The maximum Gasteiger partial charge on any atom is 0.353 e. The van der Waals surface area contributed by atoms with Gasteiger partial charge in [0.25, 0.3) is 0 Å². The number of nitrogens with one attached hydrogen (secondary N) is 1. The van der Waals surface area contributed by atoms with Crippen molar-refractivity contribution < 1.29 is 19.7 Å². The van der Waals surface area contributed by atoms with Gasteiger partial charge >= 0.3 is 5.97 Å². The van der Waals surface area contributed by atoms with Gasteiger partial charge in [-0.1, -0.05) is 11.6 Å². The summed E-state index contributed by atoms with van der Waals surface area (Å²) in [5, 5.41) is 24.9. The predicted octanol–water partition coefficient (Wildman–Crippen LogP) is 2.14. The number of aromatic nitrogens is 2. The van der Waals surface area contributed by atoms with E-state index in [0.717, 1.165) is 0 Å². The highest BCUT2D eigenvalue weighted by Crippen LogP contribution is 2.38. The zero-order chi connectivity index (χ0) is 13.3. The first kappa shape index (κ1) is 12.3. The number of aromatic hydroxyl groups is 1. The summed E-state index contributed by atoms with van der Waals surface area (Å²) in [6.07, 6.45) is 0. The monoisotopic (exact) mass is 268 g/mol. The molecule has 18 heavy (non-hydrogen) atoms. The number of hydrogen-bond donors (Lipinski definition) is 3. The molecule has 2 aromatic rings. The first-order chi connectivity index (χ1) is 8.52. The highest BCUT2D eigenvalue weighted by atomic mass is 35.5. The topological polar surface area (TPSA) is 95.4 Å². The van der Waals surface area contributed by atoms with E-state index in [-0.39, 0.29) is 22.2 Å². The molecular formula is C11H9ClN2O4. The molecule has 0 amide bonds. The molecule has 2 rings (SSSR count). The molecule has 0 saturated heterocycles. The first-order valence-corrected chi connectivity index (χ1v) is 5.26. The number of methoxy groups -OCH3 is 1. The molecule has 7 heteroatoms. The van der Waals surface area contributed by atoms with Crippen LogP contribution in [0.15, 0.2) is 18.2 Å². The number of aromatic amines is 1. The van der Waals surface area contributed by atoms with Gasteiger partial charge in [0.2, 0.25) is 0 Å². The number of aromatic carboxylic acids is 1.